The molecule has 1 amide bonds. The standard InChI is InChI=1S/C19H30N4O.2ClH/c1-15-14-17(8-9-20-15)21-19(24)18(16-6-4-3-5-7-16)23-12-10-22(2)11-13-23;;/h3-7,15,17-18,20H,8-14H2,1-2H3,(H,21,24);2*1H. The third kappa shape index (κ3) is 6.10. The molecule has 0 bridgehead atoms. The Morgan fingerprint density at radius 3 is 2.42 bits per heavy atom. The summed E-state index contributed by atoms with van der Waals surface area (Å²) in [6.45, 7) is 7.07. The van der Waals surface area contributed by atoms with Crippen molar-refractivity contribution in [1.82, 2.24) is 20.4 Å². The van der Waals surface area contributed by atoms with E-state index in [1.54, 1.807) is 0 Å². The molecule has 7 heteroatoms. The van der Waals surface area contributed by atoms with Gasteiger partial charge in [0.25, 0.3) is 0 Å². The van der Waals surface area contributed by atoms with Gasteiger partial charge >= 0.3 is 0 Å². The molecule has 2 aliphatic heterocycles. The lowest BCUT2D eigenvalue weighted by Crippen LogP contribution is -2.53. The van der Waals surface area contributed by atoms with Gasteiger partial charge in [-0.15, -0.1) is 24.8 Å². The van der Waals surface area contributed by atoms with Gasteiger partial charge in [-0.3, -0.25) is 9.69 Å². The smallest absolute Gasteiger partial charge is 0.242 e. The Labute approximate surface area is 169 Å². The molecule has 5 nitrogen and oxygen atoms in total. The molecule has 2 saturated heterocycles. The van der Waals surface area contributed by atoms with Gasteiger partial charge in [-0.05, 0) is 38.9 Å². The SMILES string of the molecule is CC1CC(NC(=O)C(c2ccccc2)N2CCN(C)CC2)CCN1.Cl.Cl. The number of rotatable bonds is 4. The maximum Gasteiger partial charge on any atom is 0.242 e. The van der Waals surface area contributed by atoms with Crippen molar-refractivity contribution in [3.8, 4) is 0 Å². The number of likely N-dealkylation sites (N-methyl/N-ethyl adjacent to an activating group) is 1. The van der Waals surface area contributed by atoms with Crippen LogP contribution in [0.2, 0.25) is 0 Å². The van der Waals surface area contributed by atoms with Gasteiger partial charge < -0.3 is 15.5 Å². The molecule has 0 saturated carbocycles. The number of piperazine rings is 1. The molecule has 0 aliphatic carbocycles. The van der Waals surface area contributed by atoms with E-state index in [0.717, 1.165) is 51.1 Å². The predicted molar refractivity (Wildman–Crippen MR) is 111 cm³/mol. The van der Waals surface area contributed by atoms with E-state index in [-0.39, 0.29) is 42.8 Å². The molecule has 0 spiro atoms. The number of hydrogen-bond acceptors (Lipinski definition) is 4. The Hall–Kier alpha value is -0.850. The third-order valence-electron chi connectivity index (χ3n) is 5.24. The topological polar surface area (TPSA) is 47.6 Å². The van der Waals surface area contributed by atoms with Gasteiger partial charge in [0.2, 0.25) is 5.91 Å². The number of carbonyl (C=O) groups excluding carboxylic acids is 1. The summed E-state index contributed by atoms with van der Waals surface area (Å²) in [7, 11) is 2.14. The molecule has 148 valence electrons. The minimum absolute atomic E-state index is 0. The molecule has 2 heterocycles. The lowest BCUT2D eigenvalue weighted by atomic mass is 9.98. The second kappa shape index (κ2) is 11.1. The van der Waals surface area contributed by atoms with Gasteiger partial charge in [-0.25, -0.2) is 0 Å². The summed E-state index contributed by atoms with van der Waals surface area (Å²) < 4.78 is 0. The second-order valence-electron chi connectivity index (χ2n) is 7.24. The quantitative estimate of drug-likeness (QED) is 0.808. The summed E-state index contributed by atoms with van der Waals surface area (Å²) >= 11 is 0. The fraction of sp³-hybridized carbons (Fsp3) is 0.632. The third-order valence-corrected chi connectivity index (χ3v) is 5.24. The van der Waals surface area contributed by atoms with Crippen LogP contribution in [0.5, 0.6) is 0 Å². The Balaban J connectivity index is 0.00000169. The van der Waals surface area contributed by atoms with E-state index < -0.39 is 0 Å². The normalized spacial score (nSPS) is 25.5. The zero-order chi connectivity index (χ0) is 16.9. The number of piperidine rings is 1. The first-order chi connectivity index (χ1) is 11.6. The monoisotopic (exact) mass is 402 g/mol. The fourth-order valence-electron chi connectivity index (χ4n) is 3.79. The van der Waals surface area contributed by atoms with Gasteiger partial charge in [-0.1, -0.05) is 30.3 Å². The second-order valence-corrected chi connectivity index (χ2v) is 7.24. The minimum Gasteiger partial charge on any atom is -0.352 e. The highest BCUT2D eigenvalue weighted by molar-refractivity contribution is 5.85. The van der Waals surface area contributed by atoms with Gasteiger partial charge in [0.1, 0.15) is 6.04 Å². The first kappa shape index (κ1) is 23.2. The number of carbonyl (C=O) groups is 1. The van der Waals surface area contributed by atoms with Crippen LogP contribution in [-0.4, -0.2) is 67.6 Å². The molecular weight excluding hydrogens is 371 g/mol. The van der Waals surface area contributed by atoms with Gasteiger partial charge in [0, 0.05) is 38.3 Å². The Morgan fingerprint density at radius 1 is 1.15 bits per heavy atom. The average molecular weight is 403 g/mol. The molecule has 1 aromatic rings. The first-order valence-corrected chi connectivity index (χ1v) is 9.15. The van der Waals surface area contributed by atoms with Crippen molar-refractivity contribution in [3.05, 3.63) is 35.9 Å². The summed E-state index contributed by atoms with van der Waals surface area (Å²) in [6.07, 6.45) is 2.02. The number of halogens is 2. The van der Waals surface area contributed by atoms with Crippen LogP contribution in [0, 0.1) is 0 Å². The van der Waals surface area contributed by atoms with E-state index in [1.807, 2.05) is 18.2 Å². The van der Waals surface area contributed by atoms with Crippen LogP contribution in [0.25, 0.3) is 0 Å². The van der Waals surface area contributed by atoms with Crippen LogP contribution < -0.4 is 10.6 Å². The molecule has 26 heavy (non-hydrogen) atoms. The molecule has 2 N–H and O–H groups in total. The summed E-state index contributed by atoms with van der Waals surface area (Å²) in [4.78, 5) is 17.8. The summed E-state index contributed by atoms with van der Waals surface area (Å²) in [5.41, 5.74) is 1.10. The highest BCUT2D eigenvalue weighted by Crippen LogP contribution is 2.23. The Morgan fingerprint density at radius 2 is 1.81 bits per heavy atom. The average Bonchev–Trinajstić information content (AvgIpc) is 2.58. The number of benzene rings is 1. The van der Waals surface area contributed by atoms with Crippen LogP contribution in [-0.2, 0) is 4.79 Å². The zero-order valence-electron chi connectivity index (χ0n) is 15.7. The highest BCUT2D eigenvalue weighted by atomic mass is 35.5. The van der Waals surface area contributed by atoms with Crippen molar-refractivity contribution in [2.45, 2.75) is 37.9 Å². The van der Waals surface area contributed by atoms with Crippen LogP contribution in [0.3, 0.4) is 0 Å². The molecular formula is C19H32Cl2N4O. The Bertz CT molecular complexity index is 538. The fourth-order valence-corrected chi connectivity index (χ4v) is 3.79. The predicted octanol–water partition coefficient (Wildman–Crippen LogP) is 2.08. The van der Waals surface area contributed by atoms with Crippen molar-refractivity contribution >= 4 is 30.7 Å². The summed E-state index contributed by atoms with van der Waals surface area (Å²) in [5, 5.41) is 6.77. The van der Waals surface area contributed by atoms with Crippen LogP contribution >= 0.6 is 24.8 Å². The number of nitrogens with zero attached hydrogens (tertiary/aromatic N) is 2. The molecule has 3 unspecified atom stereocenters. The van der Waals surface area contributed by atoms with E-state index in [2.05, 4.69) is 46.5 Å². The van der Waals surface area contributed by atoms with E-state index in [1.165, 1.54) is 0 Å². The van der Waals surface area contributed by atoms with Crippen LogP contribution in [0.15, 0.2) is 30.3 Å². The number of nitrogens with one attached hydrogen (secondary N) is 2. The lowest BCUT2D eigenvalue weighted by Gasteiger charge is -2.38. The van der Waals surface area contributed by atoms with Gasteiger partial charge in [-0.2, -0.15) is 0 Å². The van der Waals surface area contributed by atoms with E-state index in [4.69, 9.17) is 0 Å². The molecule has 3 atom stereocenters. The number of amides is 1. The highest BCUT2D eigenvalue weighted by Gasteiger charge is 2.31. The van der Waals surface area contributed by atoms with Crippen molar-refractivity contribution in [2.75, 3.05) is 39.8 Å². The van der Waals surface area contributed by atoms with Crippen molar-refractivity contribution in [2.24, 2.45) is 0 Å². The zero-order valence-corrected chi connectivity index (χ0v) is 17.3. The first-order valence-electron chi connectivity index (χ1n) is 9.15. The minimum atomic E-state index is -0.176. The largest absolute Gasteiger partial charge is 0.352 e. The lowest BCUT2D eigenvalue weighted by molar-refractivity contribution is -0.128. The van der Waals surface area contributed by atoms with Crippen molar-refractivity contribution in [1.29, 1.82) is 0 Å². The molecule has 0 radical (unpaired) electrons. The molecule has 1 aromatic carbocycles. The molecule has 2 aliphatic rings. The van der Waals surface area contributed by atoms with E-state index in [0.29, 0.717) is 6.04 Å². The van der Waals surface area contributed by atoms with Gasteiger partial charge in [0.05, 0.1) is 0 Å². The van der Waals surface area contributed by atoms with E-state index >= 15 is 0 Å². The summed E-state index contributed by atoms with van der Waals surface area (Å²) in [6, 6.07) is 10.8. The summed E-state index contributed by atoms with van der Waals surface area (Å²) in [5.74, 6) is 0.157. The molecule has 3 rings (SSSR count). The number of hydrogen-bond donors (Lipinski definition) is 2. The van der Waals surface area contributed by atoms with Crippen molar-refractivity contribution < 1.29 is 4.79 Å². The maximum absolute atomic E-state index is 13.1. The molecule has 0 aromatic heterocycles. The maximum atomic E-state index is 13.1. The van der Waals surface area contributed by atoms with Crippen LogP contribution in [0.4, 0.5) is 0 Å². The van der Waals surface area contributed by atoms with Gasteiger partial charge in [0.15, 0.2) is 0 Å². The Kier molecular flexibility index (Phi) is 9.90. The van der Waals surface area contributed by atoms with Crippen molar-refractivity contribution in [3.63, 3.8) is 0 Å². The van der Waals surface area contributed by atoms with E-state index in [9.17, 15) is 4.79 Å². The molecule has 2 fully saturated rings. The van der Waals surface area contributed by atoms with Crippen LogP contribution in [0.1, 0.15) is 31.4 Å².